The van der Waals surface area contributed by atoms with E-state index in [1.165, 1.54) is 0 Å². The van der Waals surface area contributed by atoms with Crippen LogP contribution in [0.25, 0.3) is 11.3 Å². The smallest absolute Gasteiger partial charge is 0.119 e. The normalized spacial score (nSPS) is 10.2. The Hall–Kier alpha value is -2.13. The van der Waals surface area contributed by atoms with Crippen LogP contribution in [0, 0.1) is 0 Å². The van der Waals surface area contributed by atoms with Gasteiger partial charge in [0.2, 0.25) is 0 Å². The zero-order chi connectivity index (χ0) is 14.2. The molecule has 0 radical (unpaired) electrons. The highest BCUT2D eigenvalue weighted by molar-refractivity contribution is 5.59. The zero-order valence-electron chi connectivity index (χ0n) is 11.7. The zero-order valence-corrected chi connectivity index (χ0v) is 11.7. The first-order chi connectivity index (χ1) is 9.75. The molecular formula is C17H19NO2. The lowest BCUT2D eigenvalue weighted by atomic mass is 10.1. The molecule has 0 saturated heterocycles. The third-order valence-electron chi connectivity index (χ3n) is 2.66. The van der Waals surface area contributed by atoms with Gasteiger partial charge in [-0.15, -0.1) is 0 Å². The Balaban J connectivity index is 1.82. The van der Waals surface area contributed by atoms with Gasteiger partial charge < -0.3 is 9.47 Å². The molecule has 20 heavy (non-hydrogen) atoms. The molecule has 1 heterocycles. The third kappa shape index (κ3) is 4.52. The molecule has 104 valence electrons. The quantitative estimate of drug-likeness (QED) is 0.567. The Labute approximate surface area is 119 Å². The van der Waals surface area contributed by atoms with Gasteiger partial charge in [-0.1, -0.05) is 18.2 Å². The maximum Gasteiger partial charge on any atom is 0.119 e. The number of hydrogen-bond donors (Lipinski definition) is 0. The van der Waals surface area contributed by atoms with Crippen LogP contribution in [0.2, 0.25) is 0 Å². The van der Waals surface area contributed by atoms with Gasteiger partial charge in [0.05, 0.1) is 18.9 Å². The summed E-state index contributed by atoms with van der Waals surface area (Å²) in [6, 6.07) is 13.8. The molecule has 0 bridgehead atoms. The first-order valence-electron chi connectivity index (χ1n) is 6.62. The first-order valence-corrected chi connectivity index (χ1v) is 6.62. The van der Waals surface area contributed by atoms with Gasteiger partial charge in [0.15, 0.2) is 0 Å². The van der Waals surface area contributed by atoms with Crippen molar-refractivity contribution in [3.05, 3.63) is 60.8 Å². The minimum absolute atomic E-state index is 0.538. The lowest BCUT2D eigenvalue weighted by Crippen LogP contribution is -2.07. The summed E-state index contributed by atoms with van der Waals surface area (Å²) in [5.41, 5.74) is 3.06. The summed E-state index contributed by atoms with van der Waals surface area (Å²) in [4.78, 5) is 4.31. The molecule has 2 rings (SSSR count). The molecule has 3 nitrogen and oxygen atoms in total. The van der Waals surface area contributed by atoms with Crippen LogP contribution >= 0.6 is 0 Å². The minimum Gasteiger partial charge on any atom is -0.491 e. The average Bonchev–Trinajstić information content (AvgIpc) is 2.48. The van der Waals surface area contributed by atoms with E-state index in [1.807, 2.05) is 49.4 Å². The Morgan fingerprint density at radius 1 is 1.10 bits per heavy atom. The van der Waals surface area contributed by atoms with Gasteiger partial charge >= 0.3 is 0 Å². The molecule has 0 atom stereocenters. The van der Waals surface area contributed by atoms with Crippen molar-refractivity contribution in [2.75, 3.05) is 19.8 Å². The Morgan fingerprint density at radius 3 is 2.55 bits per heavy atom. The maximum absolute atomic E-state index is 5.60. The predicted octanol–water partition coefficient (Wildman–Crippen LogP) is 3.72. The van der Waals surface area contributed by atoms with Gasteiger partial charge in [-0.3, -0.25) is 4.98 Å². The number of rotatable bonds is 7. The van der Waals surface area contributed by atoms with Gasteiger partial charge in [0, 0.05) is 11.8 Å². The molecule has 0 N–H and O–H groups in total. The van der Waals surface area contributed by atoms with E-state index in [2.05, 4.69) is 11.6 Å². The van der Waals surface area contributed by atoms with Crippen LogP contribution in [-0.4, -0.2) is 24.8 Å². The second-order valence-electron chi connectivity index (χ2n) is 4.60. The van der Waals surface area contributed by atoms with E-state index >= 15 is 0 Å². The van der Waals surface area contributed by atoms with Gasteiger partial charge in [0.1, 0.15) is 12.4 Å². The lowest BCUT2D eigenvalue weighted by molar-refractivity contribution is 0.117. The van der Waals surface area contributed by atoms with Crippen LogP contribution in [-0.2, 0) is 4.74 Å². The largest absolute Gasteiger partial charge is 0.491 e. The van der Waals surface area contributed by atoms with Crippen molar-refractivity contribution in [1.29, 1.82) is 0 Å². The van der Waals surface area contributed by atoms with Crippen LogP contribution in [0.1, 0.15) is 6.92 Å². The standard InChI is InChI=1S/C17H19NO2/c1-14(2)13-19-11-12-20-16-8-6-15(7-9-16)17-5-3-4-10-18-17/h3-10H,1,11-13H2,2H3. The molecule has 0 unspecified atom stereocenters. The molecule has 1 aromatic heterocycles. The van der Waals surface area contributed by atoms with Crippen molar-refractivity contribution in [2.24, 2.45) is 0 Å². The maximum atomic E-state index is 5.60. The van der Waals surface area contributed by atoms with Gasteiger partial charge in [-0.25, -0.2) is 0 Å². The summed E-state index contributed by atoms with van der Waals surface area (Å²) in [6.45, 7) is 7.41. The van der Waals surface area contributed by atoms with Crippen molar-refractivity contribution in [1.82, 2.24) is 4.98 Å². The average molecular weight is 269 g/mol. The van der Waals surface area contributed by atoms with Gasteiger partial charge in [-0.2, -0.15) is 0 Å². The molecule has 0 aliphatic heterocycles. The van der Waals surface area contributed by atoms with Gasteiger partial charge in [-0.05, 0) is 43.3 Å². The highest BCUT2D eigenvalue weighted by Gasteiger charge is 1.99. The second kappa shape index (κ2) is 7.46. The molecule has 0 amide bonds. The fourth-order valence-corrected chi connectivity index (χ4v) is 1.72. The van der Waals surface area contributed by atoms with Crippen molar-refractivity contribution < 1.29 is 9.47 Å². The van der Waals surface area contributed by atoms with E-state index in [9.17, 15) is 0 Å². The van der Waals surface area contributed by atoms with Gasteiger partial charge in [0.25, 0.3) is 0 Å². The van der Waals surface area contributed by atoms with Crippen LogP contribution in [0.4, 0.5) is 0 Å². The Morgan fingerprint density at radius 2 is 1.90 bits per heavy atom. The fourth-order valence-electron chi connectivity index (χ4n) is 1.72. The summed E-state index contributed by atoms with van der Waals surface area (Å²) < 4.78 is 11.0. The molecule has 0 aliphatic carbocycles. The van der Waals surface area contributed by atoms with Crippen molar-refractivity contribution in [3.63, 3.8) is 0 Å². The number of aromatic nitrogens is 1. The van der Waals surface area contributed by atoms with Crippen LogP contribution in [0.3, 0.4) is 0 Å². The summed E-state index contributed by atoms with van der Waals surface area (Å²) in [7, 11) is 0. The molecule has 0 aliphatic rings. The number of nitrogens with zero attached hydrogens (tertiary/aromatic N) is 1. The molecule has 0 spiro atoms. The van der Waals surface area contributed by atoms with Crippen LogP contribution in [0.5, 0.6) is 5.75 Å². The topological polar surface area (TPSA) is 31.4 Å². The summed E-state index contributed by atoms with van der Waals surface area (Å²) in [5, 5.41) is 0. The molecule has 3 heteroatoms. The summed E-state index contributed by atoms with van der Waals surface area (Å²) >= 11 is 0. The second-order valence-corrected chi connectivity index (χ2v) is 4.60. The minimum atomic E-state index is 0.538. The third-order valence-corrected chi connectivity index (χ3v) is 2.66. The van der Waals surface area contributed by atoms with E-state index in [0.717, 1.165) is 22.6 Å². The van der Waals surface area contributed by atoms with Crippen LogP contribution < -0.4 is 4.74 Å². The van der Waals surface area contributed by atoms with E-state index in [0.29, 0.717) is 19.8 Å². The highest BCUT2D eigenvalue weighted by atomic mass is 16.5. The van der Waals surface area contributed by atoms with Crippen molar-refractivity contribution >= 4 is 0 Å². The Kier molecular flexibility index (Phi) is 5.33. The molecular weight excluding hydrogens is 250 g/mol. The summed E-state index contributed by atoms with van der Waals surface area (Å²) in [5.74, 6) is 0.837. The summed E-state index contributed by atoms with van der Waals surface area (Å²) in [6.07, 6.45) is 1.79. The molecule has 0 fully saturated rings. The van der Waals surface area contributed by atoms with E-state index in [1.54, 1.807) is 6.20 Å². The van der Waals surface area contributed by atoms with E-state index in [4.69, 9.17) is 9.47 Å². The first kappa shape index (κ1) is 14.3. The molecule has 1 aromatic carbocycles. The number of benzene rings is 1. The fraction of sp³-hybridized carbons (Fsp3) is 0.235. The lowest BCUT2D eigenvalue weighted by Gasteiger charge is -2.08. The van der Waals surface area contributed by atoms with Crippen molar-refractivity contribution in [2.45, 2.75) is 6.92 Å². The highest BCUT2D eigenvalue weighted by Crippen LogP contribution is 2.20. The Bertz CT molecular complexity index is 535. The van der Waals surface area contributed by atoms with Crippen molar-refractivity contribution in [3.8, 4) is 17.0 Å². The predicted molar refractivity (Wildman–Crippen MR) is 80.8 cm³/mol. The monoisotopic (exact) mass is 269 g/mol. The van der Waals surface area contributed by atoms with E-state index < -0.39 is 0 Å². The van der Waals surface area contributed by atoms with Crippen LogP contribution in [0.15, 0.2) is 60.8 Å². The SMILES string of the molecule is C=C(C)COCCOc1ccc(-c2ccccn2)cc1. The number of hydrogen-bond acceptors (Lipinski definition) is 3. The number of ether oxygens (including phenoxy) is 2. The molecule has 0 saturated carbocycles. The molecule has 2 aromatic rings. The van der Waals surface area contributed by atoms with E-state index in [-0.39, 0.29) is 0 Å². The number of pyridine rings is 1.